The summed E-state index contributed by atoms with van der Waals surface area (Å²) in [6.07, 6.45) is 4.16. The number of benzene rings is 1. The van der Waals surface area contributed by atoms with E-state index in [9.17, 15) is 9.90 Å². The van der Waals surface area contributed by atoms with Crippen LogP contribution >= 0.6 is 0 Å². The Morgan fingerprint density at radius 1 is 1.59 bits per heavy atom. The zero-order valence-electron chi connectivity index (χ0n) is 12.5. The first kappa shape index (κ1) is 14.5. The van der Waals surface area contributed by atoms with Crippen LogP contribution in [-0.4, -0.2) is 33.5 Å². The summed E-state index contributed by atoms with van der Waals surface area (Å²) in [6.45, 7) is 2.58. The number of hydrogen-bond donors (Lipinski definition) is 2. The second-order valence-corrected chi connectivity index (χ2v) is 5.97. The molecular formula is C17H19N3O2. The van der Waals surface area contributed by atoms with Crippen LogP contribution in [0.3, 0.4) is 0 Å². The van der Waals surface area contributed by atoms with Gasteiger partial charge in [0.2, 0.25) is 5.91 Å². The summed E-state index contributed by atoms with van der Waals surface area (Å²) in [4.78, 5) is 17.4. The summed E-state index contributed by atoms with van der Waals surface area (Å²) in [7, 11) is 0. The summed E-state index contributed by atoms with van der Waals surface area (Å²) in [5.74, 6) is 0.0743. The maximum atomic E-state index is 12.6. The minimum absolute atomic E-state index is 0.0403. The Labute approximate surface area is 129 Å². The number of phenols is 1. The first-order chi connectivity index (χ1) is 10.6. The van der Waals surface area contributed by atoms with Crippen molar-refractivity contribution in [3.05, 3.63) is 30.0 Å². The molecule has 1 fully saturated rings. The first-order valence-electron chi connectivity index (χ1n) is 7.59. The topological polar surface area (TPSA) is 80.1 Å². The molecule has 1 saturated heterocycles. The minimum atomic E-state index is -0.276. The molecule has 1 aliphatic heterocycles. The highest BCUT2D eigenvalue weighted by atomic mass is 16.3. The third-order valence-electron chi connectivity index (χ3n) is 4.38. The number of nitriles is 1. The van der Waals surface area contributed by atoms with Gasteiger partial charge in [0.05, 0.1) is 6.07 Å². The number of hydrogen-bond acceptors (Lipinski definition) is 3. The molecule has 0 unspecified atom stereocenters. The van der Waals surface area contributed by atoms with Gasteiger partial charge < -0.3 is 15.0 Å². The lowest BCUT2D eigenvalue weighted by Crippen LogP contribution is -2.38. The van der Waals surface area contributed by atoms with Gasteiger partial charge in [-0.3, -0.25) is 4.79 Å². The van der Waals surface area contributed by atoms with Crippen LogP contribution in [0, 0.1) is 17.2 Å². The van der Waals surface area contributed by atoms with E-state index in [0.717, 1.165) is 29.3 Å². The molecule has 2 N–H and O–H groups in total. The molecule has 1 aliphatic rings. The Morgan fingerprint density at radius 2 is 2.41 bits per heavy atom. The van der Waals surface area contributed by atoms with Gasteiger partial charge >= 0.3 is 0 Å². The molecule has 1 aromatic heterocycles. The molecule has 114 valence electrons. The lowest BCUT2D eigenvalue weighted by atomic mass is 9.99. The highest BCUT2D eigenvalue weighted by molar-refractivity contribution is 5.86. The van der Waals surface area contributed by atoms with Crippen molar-refractivity contribution >= 4 is 16.8 Å². The molecule has 5 nitrogen and oxygen atoms in total. The van der Waals surface area contributed by atoms with E-state index in [1.807, 2.05) is 19.2 Å². The quantitative estimate of drug-likeness (QED) is 0.913. The molecule has 5 heteroatoms. The molecule has 2 heterocycles. The second kappa shape index (κ2) is 5.72. The number of likely N-dealkylation sites (tertiary alicyclic amines) is 1. The lowest BCUT2D eigenvalue weighted by molar-refractivity contribution is -0.134. The monoisotopic (exact) mass is 297 g/mol. The Balaban J connectivity index is 1.78. The van der Waals surface area contributed by atoms with Crippen LogP contribution in [0.1, 0.15) is 25.3 Å². The predicted molar refractivity (Wildman–Crippen MR) is 83.2 cm³/mol. The van der Waals surface area contributed by atoms with E-state index >= 15 is 0 Å². The largest absolute Gasteiger partial charge is 0.508 e. The van der Waals surface area contributed by atoms with Gasteiger partial charge in [-0.25, -0.2) is 0 Å². The highest BCUT2D eigenvalue weighted by Gasteiger charge is 2.31. The second-order valence-electron chi connectivity index (χ2n) is 5.97. The molecule has 2 atom stereocenters. The van der Waals surface area contributed by atoms with E-state index in [1.165, 1.54) is 0 Å². The molecule has 1 amide bonds. The van der Waals surface area contributed by atoms with Gasteiger partial charge in [0, 0.05) is 29.6 Å². The summed E-state index contributed by atoms with van der Waals surface area (Å²) >= 11 is 0. The standard InChI is InChI=1S/C17H19N3O2/c1-11(17(22)20-6-2-3-13(20)9-18)7-12-10-19-16-5-4-14(21)8-15(12)16/h4-5,8,10-11,13,19,21H,2-3,6-7H2,1H3/t11-,13-/m0/s1. The van der Waals surface area contributed by atoms with E-state index in [-0.39, 0.29) is 23.6 Å². The SMILES string of the molecule is C[C@@H](Cc1c[nH]c2ccc(O)cc12)C(=O)N1CCC[C@H]1C#N. The Morgan fingerprint density at radius 3 is 3.18 bits per heavy atom. The third-order valence-corrected chi connectivity index (χ3v) is 4.38. The van der Waals surface area contributed by atoms with Gasteiger partial charge in [-0.05, 0) is 43.0 Å². The number of H-pyrrole nitrogens is 1. The van der Waals surface area contributed by atoms with E-state index < -0.39 is 0 Å². The Bertz CT molecular complexity index is 744. The number of aromatic nitrogens is 1. The van der Waals surface area contributed by atoms with E-state index in [4.69, 9.17) is 5.26 Å². The van der Waals surface area contributed by atoms with Gasteiger partial charge in [-0.15, -0.1) is 0 Å². The average Bonchev–Trinajstić information content (AvgIpc) is 3.13. The van der Waals surface area contributed by atoms with Crippen molar-refractivity contribution in [3.63, 3.8) is 0 Å². The van der Waals surface area contributed by atoms with Crippen LogP contribution < -0.4 is 0 Å². The number of nitrogens with one attached hydrogen (secondary N) is 1. The molecule has 0 bridgehead atoms. The lowest BCUT2D eigenvalue weighted by Gasteiger charge is -2.23. The normalized spacial score (nSPS) is 19.3. The summed E-state index contributed by atoms with van der Waals surface area (Å²) in [5.41, 5.74) is 1.96. The number of amides is 1. The molecule has 0 radical (unpaired) electrons. The number of carbonyl (C=O) groups excluding carboxylic acids is 1. The van der Waals surface area contributed by atoms with Crippen molar-refractivity contribution in [1.82, 2.24) is 9.88 Å². The van der Waals surface area contributed by atoms with Gasteiger partial charge in [-0.2, -0.15) is 5.26 Å². The summed E-state index contributed by atoms with van der Waals surface area (Å²) in [6, 6.07) is 7.11. The number of rotatable bonds is 3. The number of phenolic OH excluding ortho intramolecular Hbond substituents is 1. The molecule has 0 saturated carbocycles. The van der Waals surface area contributed by atoms with Crippen LogP contribution in [0.15, 0.2) is 24.4 Å². The van der Waals surface area contributed by atoms with Crippen LogP contribution in [0.4, 0.5) is 0 Å². The molecule has 1 aromatic carbocycles. The minimum Gasteiger partial charge on any atom is -0.508 e. The average molecular weight is 297 g/mol. The van der Waals surface area contributed by atoms with Crippen molar-refractivity contribution in [1.29, 1.82) is 5.26 Å². The maximum Gasteiger partial charge on any atom is 0.226 e. The highest BCUT2D eigenvalue weighted by Crippen LogP contribution is 2.26. The smallest absolute Gasteiger partial charge is 0.226 e. The van der Waals surface area contributed by atoms with Crippen molar-refractivity contribution in [2.45, 2.75) is 32.2 Å². The summed E-state index contributed by atoms with van der Waals surface area (Å²) < 4.78 is 0. The van der Waals surface area contributed by atoms with Gasteiger partial charge in [0.15, 0.2) is 0 Å². The fraction of sp³-hybridized carbons (Fsp3) is 0.412. The van der Waals surface area contributed by atoms with Gasteiger partial charge in [0.1, 0.15) is 11.8 Å². The molecule has 2 aromatic rings. The van der Waals surface area contributed by atoms with Crippen molar-refractivity contribution in [3.8, 4) is 11.8 Å². The number of aromatic amines is 1. The Hall–Kier alpha value is -2.48. The van der Waals surface area contributed by atoms with Gasteiger partial charge in [-0.1, -0.05) is 6.92 Å². The number of carbonyl (C=O) groups is 1. The van der Waals surface area contributed by atoms with Crippen molar-refractivity contribution in [2.75, 3.05) is 6.54 Å². The Kier molecular flexibility index (Phi) is 3.76. The van der Waals surface area contributed by atoms with Crippen LogP contribution in [0.2, 0.25) is 0 Å². The van der Waals surface area contributed by atoms with Crippen molar-refractivity contribution < 1.29 is 9.90 Å². The number of nitrogens with zero attached hydrogens (tertiary/aromatic N) is 2. The zero-order valence-corrected chi connectivity index (χ0v) is 12.5. The molecule has 3 rings (SSSR count). The zero-order chi connectivity index (χ0) is 15.7. The van der Waals surface area contributed by atoms with E-state index in [2.05, 4.69) is 11.1 Å². The molecular weight excluding hydrogens is 278 g/mol. The van der Waals surface area contributed by atoms with E-state index in [0.29, 0.717) is 13.0 Å². The molecule has 22 heavy (non-hydrogen) atoms. The number of aromatic hydroxyl groups is 1. The molecule has 0 spiro atoms. The third kappa shape index (κ3) is 2.52. The van der Waals surface area contributed by atoms with Crippen molar-refractivity contribution in [2.24, 2.45) is 5.92 Å². The maximum absolute atomic E-state index is 12.6. The van der Waals surface area contributed by atoms with Crippen LogP contribution in [0.5, 0.6) is 5.75 Å². The fourth-order valence-corrected chi connectivity index (χ4v) is 3.20. The van der Waals surface area contributed by atoms with E-state index in [1.54, 1.807) is 17.0 Å². The van der Waals surface area contributed by atoms with Crippen LogP contribution in [0.25, 0.3) is 10.9 Å². The molecule has 0 aliphatic carbocycles. The first-order valence-corrected chi connectivity index (χ1v) is 7.59. The predicted octanol–water partition coefficient (Wildman–Crippen LogP) is 2.57. The number of fused-ring (bicyclic) bond motifs is 1. The fourth-order valence-electron chi connectivity index (χ4n) is 3.20. The van der Waals surface area contributed by atoms with Crippen LogP contribution in [-0.2, 0) is 11.2 Å². The van der Waals surface area contributed by atoms with Gasteiger partial charge in [0.25, 0.3) is 0 Å². The summed E-state index contributed by atoms with van der Waals surface area (Å²) in [5, 5.41) is 19.7.